The van der Waals surface area contributed by atoms with E-state index in [4.69, 9.17) is 0 Å². The predicted octanol–water partition coefficient (Wildman–Crippen LogP) is 4.18. The van der Waals surface area contributed by atoms with Crippen LogP contribution in [-0.4, -0.2) is 33.4 Å². The van der Waals surface area contributed by atoms with Gasteiger partial charge in [-0.15, -0.1) is 0 Å². The Kier molecular flexibility index (Phi) is 6.01. The van der Waals surface area contributed by atoms with Gasteiger partial charge in [-0.25, -0.2) is 0 Å². The predicted molar refractivity (Wildman–Crippen MR) is 105 cm³/mol. The molecule has 8 unspecified atom stereocenters. The standard InChI is InChI=1S/C23H36O5/c24-15(11-18-16-7-3-1-5-13(16)9-20(18)22(25)26)12-19-17-8-4-2-6-14(17)10-21(19)23(27)28/h13-21,24H,1-12H2,(H,25,26)(H,27,28). The van der Waals surface area contributed by atoms with Crippen LogP contribution in [0.3, 0.4) is 0 Å². The molecule has 0 bridgehead atoms. The average molecular weight is 393 g/mol. The SMILES string of the molecule is O=C(O)C1CC2CCCCC2C1CC(O)CC1C(C(=O)O)CC2CCCCC21. The second-order valence-electron chi connectivity index (χ2n) is 10.2. The number of carbonyl (C=O) groups is 2. The second-order valence-corrected chi connectivity index (χ2v) is 10.2. The quantitative estimate of drug-likeness (QED) is 0.630. The summed E-state index contributed by atoms with van der Waals surface area (Å²) in [7, 11) is 0. The molecule has 0 aromatic carbocycles. The number of aliphatic hydroxyl groups is 1. The Morgan fingerprint density at radius 3 is 1.50 bits per heavy atom. The maximum absolute atomic E-state index is 11.9. The van der Waals surface area contributed by atoms with E-state index in [-0.39, 0.29) is 23.7 Å². The molecule has 158 valence electrons. The van der Waals surface area contributed by atoms with Gasteiger partial charge in [0.2, 0.25) is 0 Å². The fourth-order valence-corrected chi connectivity index (χ4v) is 7.75. The van der Waals surface area contributed by atoms with Crippen LogP contribution in [0.25, 0.3) is 0 Å². The molecule has 5 nitrogen and oxygen atoms in total. The molecular weight excluding hydrogens is 356 g/mol. The van der Waals surface area contributed by atoms with Crippen molar-refractivity contribution in [1.82, 2.24) is 0 Å². The van der Waals surface area contributed by atoms with Gasteiger partial charge in [-0.05, 0) is 74.0 Å². The molecule has 4 saturated carbocycles. The van der Waals surface area contributed by atoms with E-state index < -0.39 is 18.0 Å². The molecule has 0 aromatic rings. The number of hydrogen-bond acceptors (Lipinski definition) is 3. The summed E-state index contributed by atoms with van der Waals surface area (Å²) in [6.45, 7) is 0. The molecule has 5 heteroatoms. The van der Waals surface area contributed by atoms with Gasteiger partial charge >= 0.3 is 11.9 Å². The normalized spacial score (nSPS) is 43.9. The minimum Gasteiger partial charge on any atom is -0.481 e. The Morgan fingerprint density at radius 1 is 0.714 bits per heavy atom. The van der Waals surface area contributed by atoms with E-state index in [0.29, 0.717) is 36.5 Å². The summed E-state index contributed by atoms with van der Waals surface area (Å²) in [5.74, 6) is -0.0635. The van der Waals surface area contributed by atoms with Gasteiger partial charge in [0.25, 0.3) is 0 Å². The first-order valence-electron chi connectivity index (χ1n) is 11.6. The van der Waals surface area contributed by atoms with Crippen LogP contribution in [0.1, 0.15) is 77.0 Å². The molecule has 0 saturated heterocycles. The van der Waals surface area contributed by atoms with Crippen LogP contribution in [0.4, 0.5) is 0 Å². The van der Waals surface area contributed by atoms with E-state index in [1.54, 1.807) is 0 Å². The number of hydrogen-bond donors (Lipinski definition) is 3. The highest BCUT2D eigenvalue weighted by molar-refractivity contribution is 5.71. The zero-order chi connectivity index (χ0) is 19.8. The number of aliphatic hydroxyl groups excluding tert-OH is 1. The number of fused-ring (bicyclic) bond motifs is 2. The second kappa shape index (κ2) is 8.33. The van der Waals surface area contributed by atoms with Crippen LogP contribution in [0.5, 0.6) is 0 Å². The van der Waals surface area contributed by atoms with Gasteiger partial charge in [0.1, 0.15) is 0 Å². The molecule has 0 radical (unpaired) electrons. The van der Waals surface area contributed by atoms with Crippen molar-refractivity contribution in [3.63, 3.8) is 0 Å². The Bertz CT molecular complexity index is 540. The van der Waals surface area contributed by atoms with Crippen LogP contribution in [-0.2, 0) is 9.59 Å². The van der Waals surface area contributed by atoms with Crippen molar-refractivity contribution >= 4 is 11.9 Å². The summed E-state index contributed by atoms with van der Waals surface area (Å²) in [4.78, 5) is 23.7. The van der Waals surface area contributed by atoms with Gasteiger partial charge in [0.05, 0.1) is 17.9 Å². The number of carboxylic acid groups (broad SMARTS) is 2. The van der Waals surface area contributed by atoms with E-state index in [0.717, 1.165) is 38.5 Å². The number of carboxylic acids is 2. The summed E-state index contributed by atoms with van der Waals surface area (Å²) in [6.07, 6.45) is 11.3. The smallest absolute Gasteiger partial charge is 0.306 e. The Morgan fingerprint density at radius 2 is 1.11 bits per heavy atom. The largest absolute Gasteiger partial charge is 0.481 e. The molecule has 4 aliphatic carbocycles. The maximum Gasteiger partial charge on any atom is 0.306 e. The summed E-state index contributed by atoms with van der Waals surface area (Å²) < 4.78 is 0. The molecular formula is C23H36O5. The molecule has 8 atom stereocenters. The molecule has 0 heterocycles. The summed E-state index contributed by atoms with van der Waals surface area (Å²) >= 11 is 0. The zero-order valence-electron chi connectivity index (χ0n) is 16.8. The minimum atomic E-state index is -0.705. The first kappa shape index (κ1) is 20.2. The fraction of sp³-hybridized carbons (Fsp3) is 0.913. The van der Waals surface area contributed by atoms with Gasteiger partial charge in [0, 0.05) is 0 Å². The van der Waals surface area contributed by atoms with E-state index in [2.05, 4.69) is 0 Å². The third-order valence-corrected chi connectivity index (χ3v) is 8.91. The van der Waals surface area contributed by atoms with E-state index >= 15 is 0 Å². The van der Waals surface area contributed by atoms with Gasteiger partial charge in [-0.2, -0.15) is 0 Å². The van der Waals surface area contributed by atoms with Gasteiger partial charge in [0.15, 0.2) is 0 Å². The first-order valence-corrected chi connectivity index (χ1v) is 11.6. The fourth-order valence-electron chi connectivity index (χ4n) is 7.75. The van der Waals surface area contributed by atoms with Gasteiger partial charge in [-0.1, -0.05) is 38.5 Å². The molecule has 0 aromatic heterocycles. The summed E-state index contributed by atoms with van der Waals surface area (Å²) in [5, 5.41) is 30.4. The molecule has 0 aliphatic heterocycles. The highest BCUT2D eigenvalue weighted by atomic mass is 16.4. The molecule has 3 N–H and O–H groups in total. The highest BCUT2D eigenvalue weighted by Crippen LogP contribution is 2.53. The minimum absolute atomic E-state index is 0.0598. The molecule has 4 rings (SSSR count). The van der Waals surface area contributed by atoms with Crippen LogP contribution in [0.15, 0.2) is 0 Å². The summed E-state index contributed by atoms with van der Waals surface area (Å²) in [5.41, 5.74) is 0. The van der Waals surface area contributed by atoms with Crippen molar-refractivity contribution in [2.75, 3.05) is 0 Å². The molecule has 4 fully saturated rings. The molecule has 0 amide bonds. The Balaban J connectivity index is 1.44. The lowest BCUT2D eigenvalue weighted by atomic mass is 9.73. The zero-order valence-corrected chi connectivity index (χ0v) is 16.8. The highest BCUT2D eigenvalue weighted by Gasteiger charge is 2.50. The van der Waals surface area contributed by atoms with E-state index in [9.17, 15) is 24.9 Å². The van der Waals surface area contributed by atoms with Crippen LogP contribution < -0.4 is 0 Å². The average Bonchev–Trinajstić information content (AvgIpc) is 3.21. The van der Waals surface area contributed by atoms with Crippen molar-refractivity contribution < 1.29 is 24.9 Å². The monoisotopic (exact) mass is 392 g/mol. The number of aliphatic carboxylic acids is 2. The van der Waals surface area contributed by atoms with Gasteiger partial charge in [-0.3, -0.25) is 9.59 Å². The summed E-state index contributed by atoms with van der Waals surface area (Å²) in [6, 6.07) is 0. The van der Waals surface area contributed by atoms with E-state index in [1.165, 1.54) is 25.7 Å². The third kappa shape index (κ3) is 3.83. The van der Waals surface area contributed by atoms with E-state index in [1.807, 2.05) is 0 Å². The lowest BCUT2D eigenvalue weighted by Crippen LogP contribution is -2.32. The van der Waals surface area contributed by atoms with Crippen LogP contribution in [0, 0.1) is 47.3 Å². The molecule has 0 spiro atoms. The van der Waals surface area contributed by atoms with Crippen molar-refractivity contribution in [2.24, 2.45) is 47.3 Å². The Labute approximate surface area is 167 Å². The maximum atomic E-state index is 11.9. The van der Waals surface area contributed by atoms with Crippen molar-refractivity contribution in [2.45, 2.75) is 83.2 Å². The lowest BCUT2D eigenvalue weighted by Gasteiger charge is -2.33. The lowest BCUT2D eigenvalue weighted by molar-refractivity contribution is -0.144. The Hall–Kier alpha value is -1.10. The first-order chi connectivity index (χ1) is 13.5. The molecule has 28 heavy (non-hydrogen) atoms. The van der Waals surface area contributed by atoms with Gasteiger partial charge < -0.3 is 15.3 Å². The topological polar surface area (TPSA) is 94.8 Å². The van der Waals surface area contributed by atoms with Crippen LogP contribution in [0.2, 0.25) is 0 Å². The molecule has 4 aliphatic rings. The van der Waals surface area contributed by atoms with Crippen LogP contribution >= 0.6 is 0 Å². The third-order valence-electron chi connectivity index (χ3n) is 8.91. The van der Waals surface area contributed by atoms with Crippen molar-refractivity contribution in [1.29, 1.82) is 0 Å². The van der Waals surface area contributed by atoms with Crippen molar-refractivity contribution in [3.8, 4) is 0 Å². The number of rotatable bonds is 6. The van der Waals surface area contributed by atoms with Crippen molar-refractivity contribution in [3.05, 3.63) is 0 Å².